The van der Waals surface area contributed by atoms with Crippen LogP contribution in [0.25, 0.3) is 11.1 Å². The first-order valence-electron chi connectivity index (χ1n) is 5.82. The number of oxazole rings is 1. The number of fused-ring (bicyclic) bond motifs is 1. The van der Waals surface area contributed by atoms with Crippen molar-refractivity contribution in [2.75, 3.05) is 6.54 Å². The Hall–Kier alpha value is -1.40. The summed E-state index contributed by atoms with van der Waals surface area (Å²) in [5.41, 5.74) is 1.12. The Morgan fingerprint density at radius 2 is 2.17 bits per heavy atom. The monoisotopic (exact) mass is 268 g/mol. The van der Waals surface area contributed by atoms with Crippen LogP contribution in [0.5, 0.6) is 0 Å². The highest BCUT2D eigenvalue weighted by molar-refractivity contribution is 7.89. The molecule has 0 bridgehead atoms. The minimum Gasteiger partial charge on any atom is -0.443 e. The topological polar surface area (TPSA) is 72.2 Å². The van der Waals surface area contributed by atoms with Crippen molar-refractivity contribution in [1.29, 1.82) is 0 Å². The molecule has 0 radical (unpaired) electrons. The lowest BCUT2D eigenvalue weighted by Gasteiger charge is -2.08. The molecule has 0 spiro atoms. The average molecular weight is 268 g/mol. The Morgan fingerprint density at radius 3 is 2.89 bits per heavy atom. The highest BCUT2D eigenvalue weighted by Gasteiger charge is 2.15. The van der Waals surface area contributed by atoms with Crippen molar-refractivity contribution >= 4 is 21.1 Å². The number of hydrogen-bond acceptors (Lipinski definition) is 4. The van der Waals surface area contributed by atoms with Crippen LogP contribution >= 0.6 is 0 Å². The summed E-state index contributed by atoms with van der Waals surface area (Å²) in [6.07, 6.45) is 2.11. The van der Waals surface area contributed by atoms with E-state index in [0.29, 0.717) is 23.6 Å². The summed E-state index contributed by atoms with van der Waals surface area (Å²) in [7, 11) is -3.46. The zero-order chi connectivity index (χ0) is 13.2. The summed E-state index contributed by atoms with van der Waals surface area (Å²) in [6, 6.07) is 4.65. The van der Waals surface area contributed by atoms with Gasteiger partial charge in [-0.1, -0.05) is 13.8 Å². The summed E-state index contributed by atoms with van der Waals surface area (Å²) >= 11 is 0. The predicted octanol–water partition coefficient (Wildman–Crippen LogP) is 2.15. The molecule has 1 aromatic heterocycles. The molecule has 6 heteroatoms. The second kappa shape index (κ2) is 5.07. The van der Waals surface area contributed by atoms with E-state index in [2.05, 4.69) is 23.6 Å². The number of sulfonamides is 1. The van der Waals surface area contributed by atoms with Gasteiger partial charge in [0.05, 0.1) is 4.90 Å². The van der Waals surface area contributed by atoms with E-state index in [1.54, 1.807) is 6.07 Å². The van der Waals surface area contributed by atoms with Crippen LogP contribution in [0.1, 0.15) is 20.3 Å². The van der Waals surface area contributed by atoms with Crippen molar-refractivity contribution in [3.8, 4) is 0 Å². The fourth-order valence-corrected chi connectivity index (χ4v) is 2.63. The first-order valence-corrected chi connectivity index (χ1v) is 7.30. The van der Waals surface area contributed by atoms with Crippen LogP contribution in [-0.2, 0) is 10.0 Å². The zero-order valence-electron chi connectivity index (χ0n) is 10.4. The molecule has 1 aromatic carbocycles. The maximum atomic E-state index is 12.0. The summed E-state index contributed by atoms with van der Waals surface area (Å²) in [5, 5.41) is 0. The van der Waals surface area contributed by atoms with Gasteiger partial charge < -0.3 is 4.42 Å². The van der Waals surface area contributed by atoms with Crippen molar-refractivity contribution in [3.05, 3.63) is 24.6 Å². The van der Waals surface area contributed by atoms with Gasteiger partial charge in [-0.3, -0.25) is 0 Å². The van der Waals surface area contributed by atoms with Gasteiger partial charge >= 0.3 is 0 Å². The molecule has 0 unspecified atom stereocenters. The molecule has 0 fully saturated rings. The summed E-state index contributed by atoms with van der Waals surface area (Å²) in [6.45, 7) is 4.54. The first-order chi connectivity index (χ1) is 8.49. The Bertz CT molecular complexity index is 632. The molecule has 0 saturated carbocycles. The fourth-order valence-electron chi connectivity index (χ4n) is 1.57. The second-order valence-electron chi connectivity index (χ2n) is 4.56. The van der Waals surface area contributed by atoms with E-state index in [4.69, 9.17) is 4.42 Å². The molecule has 1 N–H and O–H groups in total. The van der Waals surface area contributed by atoms with Crippen LogP contribution in [0, 0.1) is 5.92 Å². The molecule has 0 amide bonds. The highest BCUT2D eigenvalue weighted by Crippen LogP contribution is 2.17. The van der Waals surface area contributed by atoms with E-state index in [9.17, 15) is 8.42 Å². The Kier molecular flexibility index (Phi) is 3.68. The molecule has 5 nitrogen and oxygen atoms in total. The van der Waals surface area contributed by atoms with E-state index in [-0.39, 0.29) is 4.90 Å². The molecule has 18 heavy (non-hydrogen) atoms. The van der Waals surface area contributed by atoms with Gasteiger partial charge in [-0.15, -0.1) is 0 Å². The Balaban J connectivity index is 2.18. The number of rotatable bonds is 5. The van der Waals surface area contributed by atoms with E-state index in [0.717, 1.165) is 6.42 Å². The van der Waals surface area contributed by atoms with Crippen molar-refractivity contribution in [2.24, 2.45) is 5.92 Å². The van der Waals surface area contributed by atoms with E-state index in [1.165, 1.54) is 18.5 Å². The summed E-state index contributed by atoms with van der Waals surface area (Å²) in [5.74, 6) is 0.462. The summed E-state index contributed by atoms with van der Waals surface area (Å²) < 4.78 is 31.7. The largest absolute Gasteiger partial charge is 0.443 e. The van der Waals surface area contributed by atoms with Gasteiger partial charge in [-0.25, -0.2) is 18.1 Å². The van der Waals surface area contributed by atoms with Crippen LogP contribution in [0.4, 0.5) is 0 Å². The van der Waals surface area contributed by atoms with Crippen LogP contribution in [0.15, 0.2) is 33.9 Å². The maximum absolute atomic E-state index is 12.0. The number of hydrogen-bond donors (Lipinski definition) is 1. The van der Waals surface area contributed by atoms with Gasteiger partial charge in [-0.2, -0.15) is 0 Å². The molecule has 0 aliphatic heterocycles. The predicted molar refractivity (Wildman–Crippen MR) is 68.7 cm³/mol. The van der Waals surface area contributed by atoms with Crippen LogP contribution in [0.2, 0.25) is 0 Å². The number of benzene rings is 1. The standard InChI is InChI=1S/C12H16N2O3S/c1-9(2)5-6-14-18(15,16)10-3-4-11-12(7-10)17-8-13-11/h3-4,7-9,14H,5-6H2,1-2H3. The van der Waals surface area contributed by atoms with Gasteiger partial charge in [0, 0.05) is 12.6 Å². The van der Waals surface area contributed by atoms with Gasteiger partial charge in [0.15, 0.2) is 12.0 Å². The number of nitrogens with one attached hydrogen (secondary N) is 1. The third kappa shape index (κ3) is 2.88. The lowest BCUT2D eigenvalue weighted by atomic mass is 10.1. The lowest BCUT2D eigenvalue weighted by molar-refractivity contribution is 0.551. The molecule has 98 valence electrons. The minimum atomic E-state index is -3.46. The molecule has 2 rings (SSSR count). The van der Waals surface area contributed by atoms with Crippen LogP contribution in [0.3, 0.4) is 0 Å². The van der Waals surface area contributed by atoms with E-state index in [1.807, 2.05) is 0 Å². The lowest BCUT2D eigenvalue weighted by Crippen LogP contribution is -2.25. The van der Waals surface area contributed by atoms with Crippen molar-refractivity contribution in [2.45, 2.75) is 25.2 Å². The zero-order valence-corrected chi connectivity index (χ0v) is 11.2. The molecule has 0 aliphatic carbocycles. The Morgan fingerprint density at radius 1 is 1.39 bits per heavy atom. The Labute approximate surface area is 106 Å². The van der Waals surface area contributed by atoms with Gasteiger partial charge in [0.2, 0.25) is 10.0 Å². The van der Waals surface area contributed by atoms with Gasteiger partial charge in [0.1, 0.15) is 5.52 Å². The third-order valence-electron chi connectivity index (χ3n) is 2.63. The molecular formula is C12H16N2O3S. The van der Waals surface area contributed by atoms with Crippen molar-refractivity contribution < 1.29 is 12.8 Å². The quantitative estimate of drug-likeness (QED) is 0.901. The molecular weight excluding hydrogens is 252 g/mol. The van der Waals surface area contributed by atoms with Gasteiger partial charge in [0.25, 0.3) is 0 Å². The van der Waals surface area contributed by atoms with Crippen LogP contribution in [-0.4, -0.2) is 19.9 Å². The summed E-state index contributed by atoms with van der Waals surface area (Å²) in [4.78, 5) is 4.15. The third-order valence-corrected chi connectivity index (χ3v) is 4.09. The molecule has 1 heterocycles. The molecule has 2 aromatic rings. The number of nitrogens with zero attached hydrogens (tertiary/aromatic N) is 1. The fraction of sp³-hybridized carbons (Fsp3) is 0.417. The average Bonchev–Trinajstić information content (AvgIpc) is 2.74. The second-order valence-corrected chi connectivity index (χ2v) is 6.33. The van der Waals surface area contributed by atoms with Crippen molar-refractivity contribution in [3.63, 3.8) is 0 Å². The van der Waals surface area contributed by atoms with Gasteiger partial charge in [-0.05, 0) is 24.5 Å². The van der Waals surface area contributed by atoms with E-state index < -0.39 is 10.0 Å². The minimum absolute atomic E-state index is 0.204. The SMILES string of the molecule is CC(C)CCNS(=O)(=O)c1ccc2ncoc2c1. The molecule has 0 atom stereocenters. The van der Waals surface area contributed by atoms with Crippen LogP contribution < -0.4 is 4.72 Å². The normalized spacial score (nSPS) is 12.4. The first kappa shape index (κ1) is 13.0. The smallest absolute Gasteiger partial charge is 0.240 e. The van der Waals surface area contributed by atoms with Crippen molar-refractivity contribution in [1.82, 2.24) is 9.71 Å². The maximum Gasteiger partial charge on any atom is 0.240 e. The molecule has 0 saturated heterocycles. The highest BCUT2D eigenvalue weighted by atomic mass is 32.2. The number of aromatic nitrogens is 1. The van der Waals surface area contributed by atoms with E-state index >= 15 is 0 Å². The molecule has 0 aliphatic rings.